The minimum Gasteiger partial charge on any atom is -0.508 e. The highest BCUT2D eigenvalue weighted by atomic mass is 19.1. The number of pyridine rings is 1. The Morgan fingerprint density at radius 3 is 2.70 bits per heavy atom. The Bertz CT molecular complexity index is 1720. The van der Waals surface area contributed by atoms with Gasteiger partial charge >= 0.3 is 6.01 Å². The summed E-state index contributed by atoms with van der Waals surface area (Å²) in [7, 11) is 1.44. The number of aromatic hydroxyl groups is 1. The van der Waals surface area contributed by atoms with Crippen molar-refractivity contribution in [3.8, 4) is 23.0 Å². The molecule has 4 saturated heterocycles. The monoisotopic (exact) mass is 607 g/mol. The number of alkyl halides is 1. The first-order valence-electron chi connectivity index (χ1n) is 15.4. The Kier molecular flexibility index (Phi) is 7.48. The van der Waals surface area contributed by atoms with Crippen molar-refractivity contribution in [3.05, 3.63) is 47.7 Å². The molecule has 1 unspecified atom stereocenters. The number of nitrogens with zero attached hydrogens (tertiary/aromatic N) is 5. The van der Waals surface area contributed by atoms with Gasteiger partial charge in [-0.25, -0.2) is 13.2 Å². The number of anilines is 1. The lowest BCUT2D eigenvalue weighted by Gasteiger charge is -2.45. The summed E-state index contributed by atoms with van der Waals surface area (Å²) >= 11 is 0. The normalized spacial score (nSPS) is 22.3. The van der Waals surface area contributed by atoms with Gasteiger partial charge in [0.25, 0.3) is 0 Å². The molecule has 2 atom stereocenters. The lowest BCUT2D eigenvalue weighted by molar-refractivity contribution is -0.0507. The van der Waals surface area contributed by atoms with Gasteiger partial charge in [-0.05, 0) is 79.6 Å². The summed E-state index contributed by atoms with van der Waals surface area (Å²) < 4.78 is 54.3. The van der Waals surface area contributed by atoms with Crippen LogP contribution in [0.3, 0.4) is 0 Å². The molecule has 11 heteroatoms. The number of methoxy groups -OCH3 is 1. The SMILES string of the molecule is CCc1c(F)ccc2cc(O)cc(-c3ncc4c(N5CCCC56COC6)nc(OC)nc4c3F)c12.F[C@@H]1CC2CCCN2C1. The minimum atomic E-state index is -0.680. The smallest absolute Gasteiger partial charge is 0.318 e. The van der Waals surface area contributed by atoms with Crippen LogP contribution in [-0.2, 0) is 11.2 Å². The lowest BCUT2D eigenvalue weighted by Crippen LogP contribution is -2.59. The number of phenolic OH excluding ortho intramolecular Hbond substituents is 1. The maximum Gasteiger partial charge on any atom is 0.318 e. The molecule has 2 aromatic heterocycles. The van der Waals surface area contributed by atoms with Gasteiger partial charge in [-0.3, -0.25) is 9.88 Å². The van der Waals surface area contributed by atoms with Gasteiger partial charge in [0.2, 0.25) is 0 Å². The molecule has 8 nitrogen and oxygen atoms in total. The van der Waals surface area contributed by atoms with E-state index >= 15 is 4.39 Å². The summed E-state index contributed by atoms with van der Waals surface area (Å²) in [5.74, 6) is -0.568. The average molecular weight is 608 g/mol. The summed E-state index contributed by atoms with van der Waals surface area (Å²) in [6, 6.07) is 6.54. The Morgan fingerprint density at radius 2 is 1.98 bits per heavy atom. The number of fused-ring (bicyclic) bond motifs is 3. The second-order valence-electron chi connectivity index (χ2n) is 12.3. The van der Waals surface area contributed by atoms with Crippen LogP contribution in [0, 0.1) is 11.6 Å². The summed E-state index contributed by atoms with van der Waals surface area (Å²) in [5.41, 5.74) is 0.624. The van der Waals surface area contributed by atoms with Gasteiger partial charge in [0.05, 0.1) is 31.2 Å². The molecular formula is C33H36F3N5O3. The van der Waals surface area contributed by atoms with E-state index in [1.807, 2.05) is 6.92 Å². The fraction of sp³-hybridized carbons (Fsp3) is 0.485. The first kappa shape index (κ1) is 29.0. The van der Waals surface area contributed by atoms with Crippen molar-refractivity contribution in [1.29, 1.82) is 0 Å². The van der Waals surface area contributed by atoms with Gasteiger partial charge in [-0.1, -0.05) is 13.0 Å². The van der Waals surface area contributed by atoms with Crippen LogP contribution in [0.1, 0.15) is 44.6 Å². The molecule has 4 aliphatic heterocycles. The number of ether oxygens (including phenoxy) is 2. The number of phenols is 1. The number of aromatic nitrogens is 3. The second kappa shape index (κ2) is 11.3. The predicted octanol–water partition coefficient (Wildman–Crippen LogP) is 5.96. The first-order chi connectivity index (χ1) is 21.3. The number of benzene rings is 2. The molecule has 4 aliphatic rings. The molecule has 0 saturated carbocycles. The predicted molar refractivity (Wildman–Crippen MR) is 162 cm³/mol. The first-order valence-corrected chi connectivity index (χ1v) is 15.4. The van der Waals surface area contributed by atoms with Crippen LogP contribution >= 0.6 is 0 Å². The topological polar surface area (TPSA) is 83.8 Å². The molecule has 2 aromatic carbocycles. The van der Waals surface area contributed by atoms with Crippen LogP contribution in [0.15, 0.2) is 30.5 Å². The zero-order chi connectivity index (χ0) is 30.6. The highest BCUT2D eigenvalue weighted by Gasteiger charge is 2.48. The summed E-state index contributed by atoms with van der Waals surface area (Å²) in [6.07, 6.45) is 6.71. The van der Waals surface area contributed by atoms with Gasteiger partial charge in [0, 0.05) is 30.9 Å². The van der Waals surface area contributed by atoms with E-state index in [1.54, 1.807) is 12.3 Å². The Morgan fingerprint density at radius 1 is 1.14 bits per heavy atom. The van der Waals surface area contributed by atoms with E-state index in [-0.39, 0.29) is 34.3 Å². The van der Waals surface area contributed by atoms with Crippen molar-refractivity contribution in [2.75, 3.05) is 44.9 Å². The van der Waals surface area contributed by atoms with Crippen molar-refractivity contribution in [1.82, 2.24) is 19.9 Å². The van der Waals surface area contributed by atoms with E-state index in [0.717, 1.165) is 32.4 Å². The largest absolute Gasteiger partial charge is 0.508 e. The van der Waals surface area contributed by atoms with E-state index in [2.05, 4.69) is 24.8 Å². The van der Waals surface area contributed by atoms with Crippen LogP contribution in [0.25, 0.3) is 32.9 Å². The summed E-state index contributed by atoms with van der Waals surface area (Å²) in [6.45, 7) is 5.64. The summed E-state index contributed by atoms with van der Waals surface area (Å²) in [4.78, 5) is 17.8. The Labute approximate surface area is 253 Å². The molecule has 0 bridgehead atoms. The maximum atomic E-state index is 16.2. The second-order valence-corrected chi connectivity index (χ2v) is 12.3. The fourth-order valence-electron chi connectivity index (χ4n) is 7.47. The van der Waals surface area contributed by atoms with E-state index in [4.69, 9.17) is 9.47 Å². The van der Waals surface area contributed by atoms with Crippen molar-refractivity contribution in [3.63, 3.8) is 0 Å². The standard InChI is InChI=1S/C26H24F2N4O3.C7H12FN/c1-3-16-19(27)6-5-14-9-15(33)10-17(20(14)16)22-21(28)23-18(11-29-22)24(31-25(30-23)34-2)32-8-4-7-26(32)12-35-13-26;8-6-4-7-2-1-3-9(7)5-6/h5-6,9-11,33H,3-4,7-8,12-13H2,1-2H3;6-7H,1-5H2/t;6-,7?/m.1/s1. The van der Waals surface area contributed by atoms with Gasteiger partial charge in [-0.2, -0.15) is 9.97 Å². The van der Waals surface area contributed by atoms with Crippen LogP contribution in [0.2, 0.25) is 0 Å². The third-order valence-corrected chi connectivity index (χ3v) is 9.64. The number of halogens is 3. The number of rotatable bonds is 4. The van der Waals surface area contributed by atoms with Crippen molar-refractivity contribution >= 4 is 27.5 Å². The minimum absolute atomic E-state index is 0.0199. The van der Waals surface area contributed by atoms with Crippen LogP contribution in [-0.4, -0.2) is 82.7 Å². The maximum absolute atomic E-state index is 16.2. The number of aryl methyl sites for hydroxylation is 1. The zero-order valence-corrected chi connectivity index (χ0v) is 25.0. The van der Waals surface area contributed by atoms with Crippen molar-refractivity contribution in [2.45, 2.75) is 63.2 Å². The molecule has 1 spiro atoms. The zero-order valence-electron chi connectivity index (χ0n) is 25.0. The molecule has 44 heavy (non-hydrogen) atoms. The van der Waals surface area contributed by atoms with E-state index in [0.29, 0.717) is 65.3 Å². The lowest BCUT2D eigenvalue weighted by atomic mass is 9.93. The van der Waals surface area contributed by atoms with Crippen molar-refractivity contribution < 1.29 is 27.8 Å². The van der Waals surface area contributed by atoms with Gasteiger partial charge in [0.1, 0.15) is 34.8 Å². The van der Waals surface area contributed by atoms with E-state index in [1.165, 1.54) is 38.2 Å². The molecule has 0 radical (unpaired) electrons. The van der Waals surface area contributed by atoms with Gasteiger partial charge in [-0.15, -0.1) is 0 Å². The van der Waals surface area contributed by atoms with E-state index in [9.17, 15) is 13.9 Å². The average Bonchev–Trinajstić information content (AvgIpc) is 3.72. The van der Waals surface area contributed by atoms with E-state index < -0.39 is 12.0 Å². The van der Waals surface area contributed by atoms with Gasteiger partial charge in [0.15, 0.2) is 5.82 Å². The number of hydrogen-bond donors (Lipinski definition) is 1. The Hall–Kier alpha value is -3.70. The third-order valence-electron chi connectivity index (χ3n) is 9.64. The van der Waals surface area contributed by atoms with Crippen LogP contribution in [0.4, 0.5) is 19.0 Å². The molecule has 0 amide bonds. The molecule has 1 N–H and O–H groups in total. The molecular weight excluding hydrogens is 571 g/mol. The highest BCUT2D eigenvalue weighted by Crippen LogP contribution is 2.43. The molecule has 0 aliphatic carbocycles. The summed E-state index contributed by atoms with van der Waals surface area (Å²) in [5, 5.41) is 11.9. The molecule has 4 aromatic rings. The Balaban J connectivity index is 0.000000296. The molecule has 8 rings (SSSR count). The molecule has 232 valence electrons. The van der Waals surface area contributed by atoms with Crippen LogP contribution < -0.4 is 9.64 Å². The quantitative estimate of drug-likeness (QED) is 0.304. The number of hydrogen-bond acceptors (Lipinski definition) is 8. The third kappa shape index (κ3) is 4.81. The fourth-order valence-corrected chi connectivity index (χ4v) is 7.47. The van der Waals surface area contributed by atoms with Gasteiger partial charge < -0.3 is 19.5 Å². The molecule has 6 heterocycles. The molecule has 4 fully saturated rings. The van der Waals surface area contributed by atoms with Crippen molar-refractivity contribution in [2.24, 2.45) is 0 Å². The highest BCUT2D eigenvalue weighted by molar-refractivity contribution is 6.01. The van der Waals surface area contributed by atoms with Crippen LogP contribution in [0.5, 0.6) is 11.8 Å².